The monoisotopic (exact) mass is 473 g/mol. The van der Waals surface area contributed by atoms with Crippen molar-refractivity contribution in [3.8, 4) is 0 Å². The van der Waals surface area contributed by atoms with Gasteiger partial charge in [-0.25, -0.2) is 8.42 Å². The van der Waals surface area contributed by atoms with Gasteiger partial charge in [-0.3, -0.25) is 19.3 Å². The van der Waals surface area contributed by atoms with E-state index in [1.165, 1.54) is 5.56 Å². The number of rotatable bonds is 8. The molecule has 33 heavy (non-hydrogen) atoms. The summed E-state index contributed by atoms with van der Waals surface area (Å²) in [5.41, 5.74) is 4.26. The molecule has 1 N–H and O–H groups in total. The van der Waals surface area contributed by atoms with Crippen LogP contribution in [0.15, 0.2) is 30.3 Å². The molecule has 0 saturated carbocycles. The average molecular weight is 474 g/mol. The van der Waals surface area contributed by atoms with Crippen LogP contribution in [0, 0.1) is 13.8 Å². The topological polar surface area (TPSA) is 87.5 Å². The molecule has 2 unspecified atom stereocenters. The second kappa shape index (κ2) is 9.95. The molecule has 2 aliphatic rings. The van der Waals surface area contributed by atoms with E-state index in [1.54, 1.807) is 0 Å². The number of nitrogens with one attached hydrogen (secondary N) is 1. The first-order valence-corrected chi connectivity index (χ1v) is 13.5. The molecule has 2 atom stereocenters. The quantitative estimate of drug-likeness (QED) is 0.628. The first-order chi connectivity index (χ1) is 15.7. The van der Waals surface area contributed by atoms with E-state index in [1.807, 2.05) is 36.5 Å². The van der Waals surface area contributed by atoms with Gasteiger partial charge in [0.1, 0.15) is 0 Å². The Morgan fingerprint density at radius 3 is 2.67 bits per heavy atom. The Morgan fingerprint density at radius 2 is 1.97 bits per heavy atom. The highest BCUT2D eigenvalue weighted by Gasteiger charge is 2.31. The Hall–Kier alpha value is -2.23. The minimum atomic E-state index is -2.96. The average Bonchev–Trinajstić information content (AvgIpc) is 3.42. The van der Waals surface area contributed by atoms with Gasteiger partial charge in [-0.2, -0.15) is 5.10 Å². The number of hydrogen-bond acceptors (Lipinski definition) is 6. The Balaban J connectivity index is 1.27. The minimum absolute atomic E-state index is 0.0358. The number of nitrogens with zero attached hydrogens (tertiary/aromatic N) is 4. The number of aryl methyl sites for hydroxylation is 1. The zero-order chi connectivity index (χ0) is 23.6. The van der Waals surface area contributed by atoms with Gasteiger partial charge in [-0.15, -0.1) is 0 Å². The van der Waals surface area contributed by atoms with Gasteiger partial charge in [0.05, 0.1) is 29.8 Å². The molecule has 0 aliphatic carbocycles. The van der Waals surface area contributed by atoms with E-state index in [9.17, 15) is 13.2 Å². The van der Waals surface area contributed by atoms with Crippen molar-refractivity contribution in [1.29, 1.82) is 0 Å². The molecule has 4 rings (SSSR count). The van der Waals surface area contributed by atoms with E-state index in [4.69, 9.17) is 0 Å². The molecule has 2 saturated heterocycles. The predicted octanol–water partition coefficient (Wildman–Crippen LogP) is 1.68. The molecule has 0 bridgehead atoms. The van der Waals surface area contributed by atoms with E-state index in [2.05, 4.69) is 39.6 Å². The molecule has 1 aromatic carbocycles. The van der Waals surface area contributed by atoms with E-state index >= 15 is 0 Å². The molecule has 3 heterocycles. The summed E-state index contributed by atoms with van der Waals surface area (Å²) in [5, 5.41) is 7.83. The lowest BCUT2D eigenvalue weighted by atomic mass is 10.1. The third kappa shape index (κ3) is 6.02. The first-order valence-electron chi connectivity index (χ1n) is 11.7. The SMILES string of the molecule is Cc1nn(C2CCS(=O)(=O)C2)c(C)c1CN(C)CC(=O)NC1CCN(Cc2ccccc2)C1. The predicted molar refractivity (Wildman–Crippen MR) is 129 cm³/mol. The van der Waals surface area contributed by atoms with Crippen molar-refractivity contribution in [3.63, 3.8) is 0 Å². The van der Waals surface area contributed by atoms with Crippen molar-refractivity contribution in [1.82, 2.24) is 24.9 Å². The van der Waals surface area contributed by atoms with Crippen molar-refractivity contribution in [2.24, 2.45) is 0 Å². The summed E-state index contributed by atoms with van der Waals surface area (Å²) in [6.45, 7) is 7.65. The molecule has 2 aromatic rings. The van der Waals surface area contributed by atoms with Crippen LogP contribution in [0.25, 0.3) is 0 Å². The van der Waals surface area contributed by atoms with Crippen LogP contribution in [0.1, 0.15) is 41.4 Å². The minimum Gasteiger partial charge on any atom is -0.351 e. The summed E-state index contributed by atoms with van der Waals surface area (Å²) in [6.07, 6.45) is 1.59. The Morgan fingerprint density at radius 1 is 1.21 bits per heavy atom. The number of aromatic nitrogens is 2. The highest BCUT2D eigenvalue weighted by Crippen LogP contribution is 2.27. The number of benzene rings is 1. The van der Waals surface area contributed by atoms with E-state index in [0.29, 0.717) is 19.5 Å². The normalized spacial score (nSPS) is 22.8. The Bertz CT molecular complexity index is 1080. The molecule has 1 amide bonds. The second-order valence-electron chi connectivity index (χ2n) is 9.60. The van der Waals surface area contributed by atoms with Crippen LogP contribution < -0.4 is 5.32 Å². The molecule has 180 valence electrons. The van der Waals surface area contributed by atoms with Crippen LogP contribution in [-0.2, 0) is 27.7 Å². The molecule has 1 aromatic heterocycles. The van der Waals surface area contributed by atoms with Gasteiger partial charge in [-0.05, 0) is 39.3 Å². The summed E-state index contributed by atoms with van der Waals surface area (Å²) in [7, 11) is -1.03. The lowest BCUT2D eigenvalue weighted by molar-refractivity contribution is -0.122. The van der Waals surface area contributed by atoms with Gasteiger partial charge in [0.15, 0.2) is 9.84 Å². The standard InChI is InChI=1S/C24H35N5O3S/c1-18-23(19(2)29(26-18)22-10-12-33(31,32)17-22)15-27(3)16-24(30)25-21-9-11-28(14-21)13-20-7-5-4-6-8-20/h4-8,21-22H,9-17H2,1-3H3,(H,25,30). The van der Waals surface area contributed by atoms with Gasteiger partial charge in [0, 0.05) is 43.5 Å². The van der Waals surface area contributed by atoms with Crippen molar-refractivity contribution in [2.75, 3.05) is 38.2 Å². The maximum absolute atomic E-state index is 12.7. The molecule has 0 spiro atoms. The molecular formula is C24H35N5O3S. The van der Waals surface area contributed by atoms with Gasteiger partial charge < -0.3 is 5.32 Å². The molecule has 2 aliphatic heterocycles. The molecule has 8 nitrogen and oxygen atoms in total. The molecule has 9 heteroatoms. The number of likely N-dealkylation sites (N-methyl/N-ethyl adjacent to an activating group) is 1. The number of hydrogen-bond donors (Lipinski definition) is 1. The summed E-state index contributed by atoms with van der Waals surface area (Å²) >= 11 is 0. The summed E-state index contributed by atoms with van der Waals surface area (Å²) in [4.78, 5) is 17.0. The fourth-order valence-corrected chi connectivity index (χ4v) is 6.72. The maximum atomic E-state index is 12.7. The van der Waals surface area contributed by atoms with Gasteiger partial charge in [-0.1, -0.05) is 30.3 Å². The number of carbonyl (C=O) groups excluding carboxylic acids is 1. The highest BCUT2D eigenvalue weighted by atomic mass is 32.2. The molecule has 0 radical (unpaired) electrons. The highest BCUT2D eigenvalue weighted by molar-refractivity contribution is 7.91. The van der Waals surface area contributed by atoms with Gasteiger partial charge in [0.2, 0.25) is 5.91 Å². The first kappa shape index (κ1) is 23.9. The maximum Gasteiger partial charge on any atom is 0.234 e. The fraction of sp³-hybridized carbons (Fsp3) is 0.583. The third-order valence-electron chi connectivity index (χ3n) is 6.76. The fourth-order valence-electron chi connectivity index (χ4n) is 5.03. The molecule has 2 fully saturated rings. The van der Waals surface area contributed by atoms with Crippen LogP contribution in [-0.4, -0.2) is 78.1 Å². The molecular weight excluding hydrogens is 438 g/mol. The van der Waals surface area contributed by atoms with Crippen LogP contribution in [0.2, 0.25) is 0 Å². The number of likely N-dealkylation sites (tertiary alicyclic amines) is 1. The largest absolute Gasteiger partial charge is 0.351 e. The van der Waals surface area contributed by atoms with Crippen molar-refractivity contribution in [2.45, 2.75) is 51.9 Å². The lowest BCUT2D eigenvalue weighted by Gasteiger charge is -2.20. The zero-order valence-electron chi connectivity index (χ0n) is 19.8. The van der Waals surface area contributed by atoms with Gasteiger partial charge in [0.25, 0.3) is 0 Å². The van der Waals surface area contributed by atoms with E-state index in [0.717, 1.165) is 43.0 Å². The lowest BCUT2D eigenvalue weighted by Crippen LogP contribution is -2.42. The van der Waals surface area contributed by atoms with Crippen molar-refractivity contribution >= 4 is 15.7 Å². The summed E-state index contributed by atoms with van der Waals surface area (Å²) in [5.74, 6) is 0.429. The third-order valence-corrected chi connectivity index (χ3v) is 8.51. The van der Waals surface area contributed by atoms with E-state index < -0.39 is 9.84 Å². The number of sulfone groups is 1. The van der Waals surface area contributed by atoms with Crippen molar-refractivity contribution in [3.05, 3.63) is 52.8 Å². The van der Waals surface area contributed by atoms with E-state index in [-0.39, 0.29) is 29.5 Å². The summed E-state index contributed by atoms with van der Waals surface area (Å²) < 4.78 is 25.6. The van der Waals surface area contributed by atoms with Crippen LogP contribution in [0.3, 0.4) is 0 Å². The zero-order valence-corrected chi connectivity index (χ0v) is 20.6. The Kier molecular flexibility index (Phi) is 7.21. The van der Waals surface area contributed by atoms with Crippen LogP contribution in [0.5, 0.6) is 0 Å². The Labute approximate surface area is 196 Å². The van der Waals surface area contributed by atoms with Crippen LogP contribution in [0.4, 0.5) is 0 Å². The number of carbonyl (C=O) groups is 1. The van der Waals surface area contributed by atoms with Crippen LogP contribution >= 0.6 is 0 Å². The van der Waals surface area contributed by atoms with Gasteiger partial charge >= 0.3 is 0 Å². The smallest absolute Gasteiger partial charge is 0.234 e. The number of amides is 1. The summed E-state index contributed by atoms with van der Waals surface area (Å²) in [6, 6.07) is 10.5. The van der Waals surface area contributed by atoms with Crippen molar-refractivity contribution < 1.29 is 13.2 Å². The second-order valence-corrected chi connectivity index (χ2v) is 11.8.